The van der Waals surface area contributed by atoms with E-state index in [4.69, 9.17) is 9.52 Å². The first-order valence-electron chi connectivity index (χ1n) is 8.92. The molecule has 1 N–H and O–H groups in total. The molecule has 0 bridgehead atoms. The molecule has 2 heterocycles. The van der Waals surface area contributed by atoms with Gasteiger partial charge in [0.15, 0.2) is 5.76 Å². The monoisotopic (exact) mass is 401 g/mol. The van der Waals surface area contributed by atoms with Crippen molar-refractivity contribution in [2.75, 3.05) is 0 Å². The van der Waals surface area contributed by atoms with Gasteiger partial charge in [-0.15, -0.1) is 0 Å². The Morgan fingerprint density at radius 1 is 1.03 bits per heavy atom. The summed E-state index contributed by atoms with van der Waals surface area (Å²) in [6, 6.07) is 18.9. The highest BCUT2D eigenvalue weighted by atomic mass is 16.6. The van der Waals surface area contributed by atoms with Crippen molar-refractivity contribution < 1.29 is 19.2 Å². The zero-order valence-corrected chi connectivity index (χ0v) is 15.5. The Kier molecular flexibility index (Phi) is 4.96. The van der Waals surface area contributed by atoms with Crippen LogP contribution < -0.4 is 0 Å². The van der Waals surface area contributed by atoms with E-state index in [1.807, 2.05) is 30.3 Å². The average molecular weight is 401 g/mol. The number of carboxylic acids is 1. The largest absolute Gasteiger partial charge is 0.478 e. The standard InChI is InChI=1S/C22H15N3O5/c26-21(27)13-8-16-14-24(17-4-2-1-3-5-17)23-22(16)20-12-11-19(30-20)15-6-9-18(10-7-15)25(28)29/h1-14H,(H,26,27). The van der Waals surface area contributed by atoms with Crippen LogP contribution in [0.25, 0.3) is 34.5 Å². The quantitative estimate of drug-likeness (QED) is 0.282. The smallest absolute Gasteiger partial charge is 0.328 e. The predicted octanol–water partition coefficient (Wildman–Crippen LogP) is 4.81. The van der Waals surface area contributed by atoms with Gasteiger partial charge in [-0.25, -0.2) is 9.48 Å². The van der Waals surface area contributed by atoms with E-state index >= 15 is 0 Å². The average Bonchev–Trinajstić information content (AvgIpc) is 3.40. The van der Waals surface area contributed by atoms with Crippen LogP contribution in [0.4, 0.5) is 5.69 Å². The predicted molar refractivity (Wildman–Crippen MR) is 110 cm³/mol. The number of para-hydroxylation sites is 1. The van der Waals surface area contributed by atoms with Crippen LogP contribution in [0.15, 0.2) is 83.4 Å². The van der Waals surface area contributed by atoms with Gasteiger partial charge in [-0.1, -0.05) is 18.2 Å². The summed E-state index contributed by atoms with van der Waals surface area (Å²) in [5.74, 6) is -0.107. The molecule has 0 saturated heterocycles. The zero-order valence-electron chi connectivity index (χ0n) is 15.5. The molecule has 0 spiro atoms. The van der Waals surface area contributed by atoms with E-state index in [2.05, 4.69) is 5.10 Å². The Morgan fingerprint density at radius 3 is 2.40 bits per heavy atom. The van der Waals surface area contributed by atoms with E-state index in [1.54, 1.807) is 35.1 Å². The summed E-state index contributed by atoms with van der Waals surface area (Å²) in [5.41, 5.74) is 2.54. The molecule has 4 aromatic rings. The molecule has 0 aliphatic rings. The van der Waals surface area contributed by atoms with Gasteiger partial charge in [0.2, 0.25) is 0 Å². The molecule has 30 heavy (non-hydrogen) atoms. The van der Waals surface area contributed by atoms with Crippen molar-refractivity contribution in [3.8, 4) is 28.5 Å². The lowest BCUT2D eigenvalue weighted by atomic mass is 10.1. The summed E-state index contributed by atoms with van der Waals surface area (Å²) in [6.07, 6.45) is 4.21. The molecule has 2 aromatic heterocycles. The Labute approximate surface area is 170 Å². The van der Waals surface area contributed by atoms with Crippen LogP contribution in [-0.2, 0) is 4.79 Å². The molecule has 8 nitrogen and oxygen atoms in total. The first kappa shape index (κ1) is 18.9. The Hall–Kier alpha value is -4.46. The number of carbonyl (C=O) groups is 1. The third-order valence-corrected chi connectivity index (χ3v) is 4.37. The summed E-state index contributed by atoms with van der Waals surface area (Å²) in [7, 11) is 0. The van der Waals surface area contributed by atoms with Crippen molar-refractivity contribution in [2.45, 2.75) is 0 Å². The molecule has 0 unspecified atom stereocenters. The van der Waals surface area contributed by atoms with Crippen LogP contribution in [-0.4, -0.2) is 25.8 Å². The van der Waals surface area contributed by atoms with Crippen LogP contribution in [0.3, 0.4) is 0 Å². The first-order chi connectivity index (χ1) is 14.5. The fraction of sp³-hybridized carbons (Fsp3) is 0. The number of nitrogens with zero attached hydrogens (tertiary/aromatic N) is 3. The summed E-state index contributed by atoms with van der Waals surface area (Å²) in [6.45, 7) is 0. The minimum absolute atomic E-state index is 0.00627. The summed E-state index contributed by atoms with van der Waals surface area (Å²) < 4.78 is 7.57. The van der Waals surface area contributed by atoms with E-state index in [9.17, 15) is 14.9 Å². The fourth-order valence-corrected chi connectivity index (χ4v) is 2.94. The Balaban J connectivity index is 1.73. The minimum atomic E-state index is -1.07. The molecule has 0 aliphatic carbocycles. The summed E-state index contributed by atoms with van der Waals surface area (Å²) in [5, 5.41) is 24.4. The Bertz CT molecular complexity index is 1240. The number of aromatic nitrogens is 2. The van der Waals surface area contributed by atoms with E-state index < -0.39 is 10.9 Å². The van der Waals surface area contributed by atoms with Crippen molar-refractivity contribution in [1.29, 1.82) is 0 Å². The van der Waals surface area contributed by atoms with Crippen LogP contribution in [0.5, 0.6) is 0 Å². The van der Waals surface area contributed by atoms with Crippen LogP contribution in [0, 0.1) is 10.1 Å². The number of non-ortho nitro benzene ring substituents is 1. The molecule has 0 atom stereocenters. The van der Waals surface area contributed by atoms with E-state index in [0.29, 0.717) is 28.3 Å². The molecule has 0 fully saturated rings. The van der Waals surface area contributed by atoms with E-state index in [1.165, 1.54) is 18.2 Å². The molecule has 2 aromatic carbocycles. The van der Waals surface area contributed by atoms with Gasteiger partial charge < -0.3 is 9.52 Å². The molecule has 0 amide bonds. The zero-order chi connectivity index (χ0) is 21.1. The van der Waals surface area contributed by atoms with Gasteiger partial charge in [0, 0.05) is 35.5 Å². The topological polar surface area (TPSA) is 111 Å². The number of furan rings is 1. The second kappa shape index (κ2) is 7.88. The number of carboxylic acid groups (broad SMARTS) is 1. The summed E-state index contributed by atoms with van der Waals surface area (Å²) >= 11 is 0. The third-order valence-electron chi connectivity index (χ3n) is 4.37. The van der Waals surface area contributed by atoms with Crippen molar-refractivity contribution in [3.05, 3.63) is 94.7 Å². The summed E-state index contributed by atoms with van der Waals surface area (Å²) in [4.78, 5) is 21.3. The lowest BCUT2D eigenvalue weighted by molar-refractivity contribution is -0.384. The highest BCUT2D eigenvalue weighted by molar-refractivity contribution is 5.87. The van der Waals surface area contributed by atoms with Crippen molar-refractivity contribution in [2.24, 2.45) is 0 Å². The van der Waals surface area contributed by atoms with Gasteiger partial charge in [0.25, 0.3) is 5.69 Å². The van der Waals surface area contributed by atoms with Crippen molar-refractivity contribution in [1.82, 2.24) is 9.78 Å². The molecule has 0 aliphatic heterocycles. The van der Waals surface area contributed by atoms with E-state index in [0.717, 1.165) is 11.8 Å². The number of nitro groups is 1. The van der Waals surface area contributed by atoms with Gasteiger partial charge in [-0.2, -0.15) is 5.10 Å². The second-order valence-electron chi connectivity index (χ2n) is 6.35. The lowest BCUT2D eigenvalue weighted by Gasteiger charge is -1.99. The Morgan fingerprint density at radius 2 is 1.73 bits per heavy atom. The molecule has 0 saturated carbocycles. The third kappa shape index (κ3) is 3.88. The van der Waals surface area contributed by atoms with Gasteiger partial charge in [0.05, 0.1) is 10.6 Å². The van der Waals surface area contributed by atoms with E-state index in [-0.39, 0.29) is 5.69 Å². The normalized spacial score (nSPS) is 11.1. The number of benzene rings is 2. The SMILES string of the molecule is O=C(O)C=Cc1cn(-c2ccccc2)nc1-c1ccc(-c2ccc([N+](=O)[O-])cc2)o1. The highest BCUT2D eigenvalue weighted by Gasteiger charge is 2.16. The molecular weight excluding hydrogens is 386 g/mol. The highest BCUT2D eigenvalue weighted by Crippen LogP contribution is 2.31. The van der Waals surface area contributed by atoms with Crippen molar-refractivity contribution in [3.63, 3.8) is 0 Å². The molecule has 148 valence electrons. The number of hydrogen-bond donors (Lipinski definition) is 1. The maximum atomic E-state index is 11.0. The fourth-order valence-electron chi connectivity index (χ4n) is 2.94. The van der Waals surface area contributed by atoms with Gasteiger partial charge >= 0.3 is 5.97 Å². The maximum Gasteiger partial charge on any atom is 0.328 e. The first-order valence-corrected chi connectivity index (χ1v) is 8.92. The van der Waals surface area contributed by atoms with Crippen LogP contribution >= 0.6 is 0 Å². The maximum absolute atomic E-state index is 11.0. The van der Waals surface area contributed by atoms with Crippen LogP contribution in [0.2, 0.25) is 0 Å². The molecule has 0 radical (unpaired) electrons. The van der Waals surface area contributed by atoms with Gasteiger partial charge in [-0.3, -0.25) is 10.1 Å². The lowest BCUT2D eigenvalue weighted by Crippen LogP contribution is -1.93. The van der Waals surface area contributed by atoms with Gasteiger partial charge in [-0.05, 0) is 42.5 Å². The molecule has 4 rings (SSSR count). The number of aliphatic carboxylic acids is 1. The number of hydrogen-bond acceptors (Lipinski definition) is 5. The number of nitro benzene ring substituents is 1. The minimum Gasteiger partial charge on any atom is -0.478 e. The van der Waals surface area contributed by atoms with Crippen LogP contribution in [0.1, 0.15) is 5.56 Å². The second-order valence-corrected chi connectivity index (χ2v) is 6.35. The van der Waals surface area contributed by atoms with Crippen molar-refractivity contribution >= 4 is 17.7 Å². The molecular formula is C22H15N3O5. The molecule has 8 heteroatoms. The van der Waals surface area contributed by atoms with Gasteiger partial charge in [0.1, 0.15) is 11.5 Å². The number of rotatable bonds is 6.